The molecule has 5 nitrogen and oxygen atoms in total. The molecule has 1 rings (SSSR count). The largest absolute Gasteiger partial charge is 0.346 e. The van der Waals surface area contributed by atoms with Gasteiger partial charge >= 0.3 is 0 Å². The van der Waals surface area contributed by atoms with E-state index in [2.05, 4.69) is 23.8 Å². The maximum atomic E-state index is 11.9. The topological polar surface area (TPSA) is 52.8 Å². The van der Waals surface area contributed by atoms with Crippen molar-refractivity contribution >= 4 is 5.91 Å². The Morgan fingerprint density at radius 1 is 1.44 bits per heavy atom. The number of hydrogen-bond acceptors (Lipinski definition) is 4. The molecule has 1 aliphatic rings. The van der Waals surface area contributed by atoms with Crippen LogP contribution in [0.2, 0.25) is 0 Å². The monoisotopic (exact) mass is 256 g/mol. The average Bonchev–Trinajstić information content (AvgIpc) is 2.36. The Kier molecular flexibility index (Phi) is 6.60. The van der Waals surface area contributed by atoms with Gasteiger partial charge in [-0.15, -0.1) is 0 Å². The summed E-state index contributed by atoms with van der Waals surface area (Å²) in [4.78, 5) is 18.4. The highest BCUT2D eigenvalue weighted by molar-refractivity contribution is 5.76. The van der Waals surface area contributed by atoms with Gasteiger partial charge in [-0.1, -0.05) is 0 Å². The summed E-state index contributed by atoms with van der Waals surface area (Å²) in [5.74, 6) is 0.232. The third-order valence-corrected chi connectivity index (χ3v) is 3.81. The number of nitrogens with two attached hydrogens (primary N) is 1. The Hall–Kier alpha value is -0.650. The Labute approximate surface area is 111 Å². The highest BCUT2D eigenvalue weighted by Crippen LogP contribution is 2.07. The van der Waals surface area contributed by atoms with E-state index in [1.807, 2.05) is 7.05 Å². The molecule has 0 radical (unpaired) electrons. The second kappa shape index (κ2) is 7.71. The summed E-state index contributed by atoms with van der Waals surface area (Å²) in [5, 5.41) is 0. The SMILES string of the molecule is CC1CN(CCC(=O)N(C)CCCN)CCN1C. The van der Waals surface area contributed by atoms with Crippen molar-refractivity contribution in [1.29, 1.82) is 0 Å². The highest BCUT2D eigenvalue weighted by atomic mass is 16.2. The molecule has 18 heavy (non-hydrogen) atoms. The van der Waals surface area contributed by atoms with Gasteiger partial charge in [0.1, 0.15) is 0 Å². The third-order valence-electron chi connectivity index (χ3n) is 3.81. The van der Waals surface area contributed by atoms with Crippen LogP contribution in [0.25, 0.3) is 0 Å². The number of nitrogens with zero attached hydrogens (tertiary/aromatic N) is 3. The van der Waals surface area contributed by atoms with Crippen molar-refractivity contribution in [2.75, 3.05) is 53.4 Å². The van der Waals surface area contributed by atoms with Gasteiger partial charge in [0.2, 0.25) is 5.91 Å². The van der Waals surface area contributed by atoms with Gasteiger partial charge < -0.3 is 20.4 Å². The maximum Gasteiger partial charge on any atom is 0.223 e. The van der Waals surface area contributed by atoms with Gasteiger partial charge in [-0.05, 0) is 26.9 Å². The van der Waals surface area contributed by atoms with E-state index in [4.69, 9.17) is 5.73 Å². The lowest BCUT2D eigenvalue weighted by molar-refractivity contribution is -0.130. The zero-order chi connectivity index (χ0) is 13.5. The van der Waals surface area contributed by atoms with Crippen LogP contribution in [0.15, 0.2) is 0 Å². The molecule has 0 aromatic rings. The van der Waals surface area contributed by atoms with Crippen molar-refractivity contribution in [1.82, 2.24) is 14.7 Å². The molecule has 1 aliphatic heterocycles. The summed E-state index contributed by atoms with van der Waals surface area (Å²) in [7, 11) is 4.03. The lowest BCUT2D eigenvalue weighted by Crippen LogP contribution is -2.50. The van der Waals surface area contributed by atoms with Crippen molar-refractivity contribution in [3.63, 3.8) is 0 Å². The summed E-state index contributed by atoms with van der Waals surface area (Å²) >= 11 is 0. The van der Waals surface area contributed by atoms with E-state index < -0.39 is 0 Å². The number of carbonyl (C=O) groups is 1. The predicted octanol–water partition coefficient (Wildman–Crippen LogP) is -0.180. The van der Waals surface area contributed by atoms with Crippen LogP contribution in [0.4, 0.5) is 0 Å². The van der Waals surface area contributed by atoms with Gasteiger partial charge in [0.15, 0.2) is 0 Å². The Balaban J connectivity index is 2.22. The van der Waals surface area contributed by atoms with Gasteiger partial charge in [0, 0.05) is 52.2 Å². The fourth-order valence-corrected chi connectivity index (χ4v) is 2.22. The smallest absolute Gasteiger partial charge is 0.223 e. The predicted molar refractivity (Wildman–Crippen MR) is 74.5 cm³/mol. The van der Waals surface area contributed by atoms with E-state index in [1.54, 1.807) is 4.90 Å². The Bertz CT molecular complexity index is 259. The van der Waals surface area contributed by atoms with Gasteiger partial charge in [-0.25, -0.2) is 0 Å². The van der Waals surface area contributed by atoms with Crippen LogP contribution in [0.1, 0.15) is 19.8 Å². The molecule has 1 atom stereocenters. The molecule has 0 aliphatic carbocycles. The lowest BCUT2D eigenvalue weighted by atomic mass is 10.2. The first-order valence-corrected chi connectivity index (χ1v) is 6.91. The molecule has 0 spiro atoms. The maximum absolute atomic E-state index is 11.9. The summed E-state index contributed by atoms with van der Waals surface area (Å²) < 4.78 is 0. The molecule has 1 heterocycles. The van der Waals surface area contributed by atoms with Crippen LogP contribution in [0.3, 0.4) is 0 Å². The molecule has 0 saturated carbocycles. The minimum atomic E-state index is 0.232. The van der Waals surface area contributed by atoms with Crippen molar-refractivity contribution in [3.8, 4) is 0 Å². The van der Waals surface area contributed by atoms with Gasteiger partial charge in [-0.3, -0.25) is 4.79 Å². The first kappa shape index (κ1) is 15.4. The average molecular weight is 256 g/mol. The molecule has 5 heteroatoms. The molecule has 1 saturated heterocycles. The van der Waals surface area contributed by atoms with Gasteiger partial charge in [0.25, 0.3) is 0 Å². The lowest BCUT2D eigenvalue weighted by Gasteiger charge is -2.37. The number of amides is 1. The minimum absolute atomic E-state index is 0.232. The quantitative estimate of drug-likeness (QED) is 0.716. The van der Waals surface area contributed by atoms with Crippen LogP contribution in [0, 0.1) is 0 Å². The summed E-state index contributed by atoms with van der Waals surface area (Å²) in [5.41, 5.74) is 5.45. The van der Waals surface area contributed by atoms with E-state index in [-0.39, 0.29) is 5.91 Å². The van der Waals surface area contributed by atoms with E-state index >= 15 is 0 Å². The fourth-order valence-electron chi connectivity index (χ4n) is 2.22. The molecule has 0 bridgehead atoms. The summed E-state index contributed by atoms with van der Waals surface area (Å²) in [6.45, 7) is 7.77. The summed E-state index contributed by atoms with van der Waals surface area (Å²) in [6, 6.07) is 0.587. The number of likely N-dealkylation sites (N-methyl/N-ethyl adjacent to an activating group) is 1. The first-order valence-electron chi connectivity index (χ1n) is 6.91. The third kappa shape index (κ3) is 4.92. The molecule has 1 amide bonds. The van der Waals surface area contributed by atoms with Crippen LogP contribution in [-0.2, 0) is 4.79 Å². The standard InChI is InChI=1S/C13H28N4O/c1-12-11-17(10-9-15(12)2)8-5-13(18)16(3)7-4-6-14/h12H,4-11,14H2,1-3H3. The number of hydrogen-bond donors (Lipinski definition) is 1. The molecule has 1 fully saturated rings. The molecule has 2 N–H and O–H groups in total. The second-order valence-electron chi connectivity index (χ2n) is 5.34. The molecule has 106 valence electrons. The van der Waals surface area contributed by atoms with Crippen molar-refractivity contribution in [3.05, 3.63) is 0 Å². The Morgan fingerprint density at radius 2 is 2.17 bits per heavy atom. The minimum Gasteiger partial charge on any atom is -0.346 e. The van der Waals surface area contributed by atoms with Crippen molar-refractivity contribution in [2.45, 2.75) is 25.8 Å². The number of carbonyl (C=O) groups excluding carboxylic acids is 1. The number of rotatable bonds is 6. The fraction of sp³-hybridized carbons (Fsp3) is 0.923. The van der Waals surface area contributed by atoms with Crippen molar-refractivity contribution in [2.24, 2.45) is 5.73 Å². The zero-order valence-corrected chi connectivity index (χ0v) is 12.1. The molecular formula is C13H28N4O. The number of piperazine rings is 1. The normalized spacial score (nSPS) is 22.1. The molecular weight excluding hydrogens is 228 g/mol. The highest BCUT2D eigenvalue weighted by Gasteiger charge is 2.21. The van der Waals surface area contributed by atoms with Crippen molar-refractivity contribution < 1.29 is 4.79 Å². The summed E-state index contributed by atoms with van der Waals surface area (Å²) in [6.07, 6.45) is 1.51. The zero-order valence-electron chi connectivity index (χ0n) is 12.1. The van der Waals surface area contributed by atoms with Crippen LogP contribution in [0.5, 0.6) is 0 Å². The van der Waals surface area contributed by atoms with E-state index in [0.717, 1.165) is 39.1 Å². The Morgan fingerprint density at radius 3 is 2.78 bits per heavy atom. The van der Waals surface area contributed by atoms with Gasteiger partial charge in [0.05, 0.1) is 0 Å². The van der Waals surface area contributed by atoms with E-state index in [1.165, 1.54) is 0 Å². The van der Waals surface area contributed by atoms with E-state index in [9.17, 15) is 4.79 Å². The van der Waals surface area contributed by atoms with Gasteiger partial charge in [-0.2, -0.15) is 0 Å². The molecule has 0 aromatic heterocycles. The van der Waals surface area contributed by atoms with Crippen LogP contribution in [-0.4, -0.2) is 80.0 Å². The van der Waals surface area contributed by atoms with Crippen LogP contribution >= 0.6 is 0 Å². The molecule has 1 unspecified atom stereocenters. The first-order chi connectivity index (χ1) is 8.54. The van der Waals surface area contributed by atoms with E-state index in [0.29, 0.717) is 19.0 Å². The second-order valence-corrected chi connectivity index (χ2v) is 5.34. The molecule has 0 aromatic carbocycles. The van der Waals surface area contributed by atoms with Crippen LogP contribution < -0.4 is 5.73 Å².